The molecular formula is C20H26F4N6S. The second-order valence-electron chi connectivity index (χ2n) is 7.53. The molecule has 4 N–H and O–H groups in total. The molecule has 31 heavy (non-hydrogen) atoms. The average molecular weight is 459 g/mol. The van der Waals surface area contributed by atoms with Crippen LogP contribution in [-0.4, -0.2) is 40.3 Å². The molecule has 1 aliphatic rings. The molecule has 170 valence electrons. The van der Waals surface area contributed by atoms with Gasteiger partial charge in [-0.25, -0.2) is 14.4 Å². The van der Waals surface area contributed by atoms with Crippen LogP contribution >= 0.6 is 11.8 Å². The number of aromatic nitrogens is 3. The zero-order valence-corrected chi connectivity index (χ0v) is 17.8. The van der Waals surface area contributed by atoms with E-state index in [9.17, 15) is 17.6 Å². The van der Waals surface area contributed by atoms with E-state index in [2.05, 4.69) is 15.0 Å². The minimum absolute atomic E-state index is 0.0503. The zero-order chi connectivity index (χ0) is 22.4. The van der Waals surface area contributed by atoms with Crippen molar-refractivity contribution in [2.45, 2.75) is 66.8 Å². The quantitative estimate of drug-likeness (QED) is 0.656. The smallest absolute Gasteiger partial charge is 0.381 e. The minimum Gasteiger partial charge on any atom is -0.381 e. The predicted octanol–water partition coefficient (Wildman–Crippen LogP) is 4.45. The Morgan fingerprint density at radius 3 is 2.58 bits per heavy atom. The first-order valence-electron chi connectivity index (χ1n) is 10.2. The molecule has 2 unspecified atom stereocenters. The molecule has 1 saturated heterocycles. The lowest BCUT2D eigenvalue weighted by Gasteiger charge is -2.24. The van der Waals surface area contributed by atoms with Gasteiger partial charge in [0.25, 0.3) is 0 Å². The molecule has 0 saturated carbocycles. The normalized spacial score (nSPS) is 21.5. The fourth-order valence-corrected chi connectivity index (χ4v) is 4.35. The average Bonchev–Trinajstić information content (AvgIpc) is 2.76. The van der Waals surface area contributed by atoms with Gasteiger partial charge in [0, 0.05) is 30.2 Å². The van der Waals surface area contributed by atoms with Crippen molar-refractivity contribution in [3.05, 3.63) is 30.2 Å². The Morgan fingerprint density at radius 1 is 1.06 bits per heavy atom. The Morgan fingerprint density at radius 2 is 1.84 bits per heavy atom. The fraction of sp³-hybridized carbons (Fsp3) is 0.550. The van der Waals surface area contributed by atoms with Crippen LogP contribution in [0.25, 0.3) is 0 Å². The van der Waals surface area contributed by atoms with Crippen molar-refractivity contribution >= 4 is 23.4 Å². The highest BCUT2D eigenvalue weighted by atomic mass is 32.2. The summed E-state index contributed by atoms with van der Waals surface area (Å²) in [5, 5.41) is 0.183. The number of nitrogens with two attached hydrogens (primary N) is 2. The summed E-state index contributed by atoms with van der Waals surface area (Å²) in [5.74, 6) is 0.600. The van der Waals surface area contributed by atoms with E-state index in [1.54, 1.807) is 0 Å². The van der Waals surface area contributed by atoms with Crippen molar-refractivity contribution in [2.24, 2.45) is 5.73 Å². The van der Waals surface area contributed by atoms with E-state index in [4.69, 9.17) is 11.5 Å². The molecule has 2 aromatic heterocycles. The van der Waals surface area contributed by atoms with Gasteiger partial charge in [0.05, 0.1) is 6.20 Å². The molecule has 0 radical (unpaired) electrons. The maximum Gasteiger partial charge on any atom is 0.434 e. The maximum atomic E-state index is 14.0. The number of halogens is 4. The Hall–Kier alpha value is -2.14. The summed E-state index contributed by atoms with van der Waals surface area (Å²) >= 11 is 0.782. The van der Waals surface area contributed by atoms with Crippen LogP contribution in [-0.2, 0) is 6.18 Å². The van der Waals surface area contributed by atoms with Gasteiger partial charge in [-0.1, -0.05) is 24.6 Å². The van der Waals surface area contributed by atoms with Crippen LogP contribution in [0.5, 0.6) is 0 Å². The number of nitrogens with zero attached hydrogens (tertiary/aromatic N) is 4. The van der Waals surface area contributed by atoms with Gasteiger partial charge in [-0.2, -0.15) is 13.2 Å². The molecule has 1 fully saturated rings. The van der Waals surface area contributed by atoms with E-state index in [-0.39, 0.29) is 15.7 Å². The zero-order valence-electron chi connectivity index (χ0n) is 17.0. The largest absolute Gasteiger partial charge is 0.434 e. The van der Waals surface area contributed by atoms with Crippen molar-refractivity contribution < 1.29 is 17.6 Å². The molecule has 2 atom stereocenters. The van der Waals surface area contributed by atoms with E-state index in [1.807, 2.05) is 4.90 Å². The van der Waals surface area contributed by atoms with E-state index in [0.717, 1.165) is 37.2 Å². The van der Waals surface area contributed by atoms with E-state index in [0.29, 0.717) is 38.2 Å². The monoisotopic (exact) mass is 458 g/mol. The Bertz CT molecular complexity index is 866. The summed E-state index contributed by atoms with van der Waals surface area (Å²) < 4.78 is 53.6. The highest BCUT2D eigenvalue weighted by Gasteiger charge is 2.35. The molecule has 3 rings (SSSR count). The standard InChI is InChI=1S/C20H26F4N6S/c21-13-6-2-1-3-10-30(11-5-7-14(13)25)16-12-28-19(18(26)29-16)31-15-8-4-9-27-17(15)20(22,23)24/h4,8-9,12-14H,1-3,5-7,10-11,25H2,(H2,26,29). The molecule has 0 aromatic carbocycles. The third kappa shape index (κ3) is 6.42. The van der Waals surface area contributed by atoms with Gasteiger partial charge in [0.2, 0.25) is 0 Å². The molecule has 0 amide bonds. The van der Waals surface area contributed by atoms with Gasteiger partial charge in [-0.05, 0) is 37.8 Å². The Labute approximate surface area is 182 Å². The molecule has 0 aliphatic carbocycles. The van der Waals surface area contributed by atoms with Gasteiger partial charge in [0.1, 0.15) is 17.0 Å². The summed E-state index contributed by atoms with van der Waals surface area (Å²) in [6, 6.07) is 2.28. The lowest BCUT2D eigenvalue weighted by molar-refractivity contribution is -0.143. The number of nitrogen functional groups attached to an aromatic ring is 1. The van der Waals surface area contributed by atoms with E-state index < -0.39 is 24.1 Å². The maximum absolute atomic E-state index is 14.0. The molecular weight excluding hydrogens is 432 g/mol. The van der Waals surface area contributed by atoms with Crippen LogP contribution in [0.15, 0.2) is 34.4 Å². The van der Waals surface area contributed by atoms with Gasteiger partial charge >= 0.3 is 6.18 Å². The van der Waals surface area contributed by atoms with Crippen LogP contribution in [0, 0.1) is 0 Å². The second-order valence-corrected chi connectivity index (χ2v) is 8.56. The summed E-state index contributed by atoms with van der Waals surface area (Å²) in [7, 11) is 0. The van der Waals surface area contributed by atoms with Crippen molar-refractivity contribution in [1.82, 2.24) is 15.0 Å². The molecule has 11 heteroatoms. The first-order chi connectivity index (χ1) is 14.8. The number of hydrogen-bond acceptors (Lipinski definition) is 7. The predicted molar refractivity (Wildman–Crippen MR) is 113 cm³/mol. The highest BCUT2D eigenvalue weighted by molar-refractivity contribution is 7.99. The van der Waals surface area contributed by atoms with Gasteiger partial charge in [-0.15, -0.1) is 0 Å². The van der Waals surface area contributed by atoms with Crippen LogP contribution < -0.4 is 16.4 Å². The fourth-order valence-electron chi connectivity index (χ4n) is 3.48. The molecule has 3 heterocycles. The lowest BCUT2D eigenvalue weighted by atomic mass is 10.0. The van der Waals surface area contributed by atoms with Gasteiger partial charge < -0.3 is 16.4 Å². The summed E-state index contributed by atoms with van der Waals surface area (Å²) in [4.78, 5) is 14.0. The van der Waals surface area contributed by atoms with E-state index >= 15 is 0 Å². The van der Waals surface area contributed by atoms with Gasteiger partial charge in [0.15, 0.2) is 11.5 Å². The Kier molecular flexibility index (Phi) is 7.93. The van der Waals surface area contributed by atoms with Crippen molar-refractivity contribution in [3.63, 3.8) is 0 Å². The lowest BCUT2D eigenvalue weighted by Crippen LogP contribution is -2.33. The molecule has 6 nitrogen and oxygen atoms in total. The molecule has 0 bridgehead atoms. The van der Waals surface area contributed by atoms with Crippen LogP contribution in [0.3, 0.4) is 0 Å². The second kappa shape index (κ2) is 10.4. The van der Waals surface area contributed by atoms with Crippen LogP contribution in [0.1, 0.15) is 44.2 Å². The van der Waals surface area contributed by atoms with E-state index in [1.165, 1.54) is 18.3 Å². The van der Waals surface area contributed by atoms with Crippen molar-refractivity contribution in [1.29, 1.82) is 0 Å². The SMILES string of the molecule is Nc1nc(N2CCCCCC(F)C(N)CCC2)cnc1Sc1cccnc1C(F)(F)F. The molecule has 2 aromatic rings. The number of anilines is 2. The van der Waals surface area contributed by atoms with Crippen LogP contribution in [0.4, 0.5) is 29.2 Å². The number of pyridine rings is 1. The number of hydrogen-bond donors (Lipinski definition) is 2. The van der Waals surface area contributed by atoms with Crippen molar-refractivity contribution in [3.8, 4) is 0 Å². The Balaban J connectivity index is 1.75. The first kappa shape index (κ1) is 23.5. The van der Waals surface area contributed by atoms with Crippen molar-refractivity contribution in [2.75, 3.05) is 23.7 Å². The first-order valence-corrected chi connectivity index (χ1v) is 11.0. The summed E-state index contributed by atoms with van der Waals surface area (Å²) in [6.45, 7) is 1.34. The summed E-state index contributed by atoms with van der Waals surface area (Å²) in [5.41, 5.74) is 11.0. The topological polar surface area (TPSA) is 94.0 Å². The minimum atomic E-state index is -4.58. The number of rotatable bonds is 3. The van der Waals surface area contributed by atoms with Gasteiger partial charge in [-0.3, -0.25) is 4.98 Å². The summed E-state index contributed by atoms with van der Waals surface area (Å²) in [6.07, 6.45) is 1.31. The third-order valence-electron chi connectivity index (χ3n) is 5.16. The molecule has 1 aliphatic heterocycles. The van der Waals surface area contributed by atoms with Crippen LogP contribution in [0.2, 0.25) is 0 Å². The highest BCUT2D eigenvalue weighted by Crippen LogP contribution is 2.38. The molecule has 0 spiro atoms. The third-order valence-corrected chi connectivity index (χ3v) is 6.22. The number of alkyl halides is 4.